The second-order valence-electron chi connectivity index (χ2n) is 4.83. The van der Waals surface area contributed by atoms with Crippen molar-refractivity contribution < 1.29 is 13.2 Å². The Morgan fingerprint density at radius 1 is 1.09 bits per heavy atom. The first-order chi connectivity index (χ1) is 10.9. The van der Waals surface area contributed by atoms with Crippen LogP contribution in [0.2, 0.25) is 5.02 Å². The number of carbonyl (C=O) groups excluding carboxylic acids is 1. The van der Waals surface area contributed by atoms with Gasteiger partial charge in [0.25, 0.3) is 0 Å². The number of hydrogen-bond acceptors (Lipinski definition) is 3. The average molecular weight is 353 g/mol. The van der Waals surface area contributed by atoms with Crippen molar-refractivity contribution in [2.45, 2.75) is 11.8 Å². The van der Waals surface area contributed by atoms with Crippen LogP contribution in [-0.2, 0) is 14.8 Å². The Hall–Kier alpha value is -1.89. The van der Waals surface area contributed by atoms with Gasteiger partial charge in [0.1, 0.15) is 4.90 Å². The summed E-state index contributed by atoms with van der Waals surface area (Å²) in [6, 6.07) is 15.3. The van der Waals surface area contributed by atoms with Gasteiger partial charge in [0, 0.05) is 25.7 Å². The average Bonchev–Trinajstić information content (AvgIpc) is 2.52. The number of benzene rings is 2. The van der Waals surface area contributed by atoms with Gasteiger partial charge in [-0.2, -0.15) is 0 Å². The predicted octanol–water partition coefficient (Wildman–Crippen LogP) is 2.67. The lowest BCUT2D eigenvalue weighted by Crippen LogP contribution is -2.37. The molecule has 23 heavy (non-hydrogen) atoms. The maximum absolute atomic E-state index is 12.2. The minimum absolute atomic E-state index is 0.0238. The predicted molar refractivity (Wildman–Crippen MR) is 91.1 cm³/mol. The lowest BCUT2D eigenvalue weighted by Gasteiger charge is -2.21. The number of anilines is 1. The molecule has 0 saturated carbocycles. The molecule has 0 spiro atoms. The largest absolute Gasteiger partial charge is 0.311 e. The number of carbonyl (C=O) groups is 1. The highest BCUT2D eigenvalue weighted by Gasteiger charge is 2.18. The second-order valence-corrected chi connectivity index (χ2v) is 6.98. The summed E-state index contributed by atoms with van der Waals surface area (Å²) < 4.78 is 26.9. The van der Waals surface area contributed by atoms with Gasteiger partial charge in [0.2, 0.25) is 15.9 Å². The highest BCUT2D eigenvalue weighted by Crippen LogP contribution is 2.20. The summed E-state index contributed by atoms with van der Waals surface area (Å²) in [7, 11) is -3.71. The van der Waals surface area contributed by atoms with Gasteiger partial charge in [-0.05, 0) is 24.3 Å². The molecule has 2 aromatic rings. The normalized spacial score (nSPS) is 11.2. The van der Waals surface area contributed by atoms with Gasteiger partial charge < -0.3 is 4.90 Å². The molecule has 0 atom stereocenters. The van der Waals surface area contributed by atoms with Gasteiger partial charge in [-0.25, -0.2) is 13.1 Å². The smallest absolute Gasteiger partial charge is 0.242 e. The third-order valence-corrected chi connectivity index (χ3v) is 5.16. The SMILES string of the molecule is CC(=O)N(CCNS(=O)(=O)c1ccccc1Cl)c1ccccc1. The molecule has 0 fully saturated rings. The van der Waals surface area contributed by atoms with Gasteiger partial charge in [-0.15, -0.1) is 0 Å². The number of nitrogens with one attached hydrogen (secondary N) is 1. The first-order valence-corrected chi connectivity index (χ1v) is 8.85. The zero-order chi connectivity index (χ0) is 16.9. The van der Waals surface area contributed by atoms with Crippen LogP contribution in [-0.4, -0.2) is 27.4 Å². The topological polar surface area (TPSA) is 66.5 Å². The number of para-hydroxylation sites is 1. The first kappa shape index (κ1) is 17.5. The van der Waals surface area contributed by atoms with Crippen LogP contribution in [0.5, 0.6) is 0 Å². The minimum atomic E-state index is -3.71. The van der Waals surface area contributed by atoms with Gasteiger partial charge in [0.15, 0.2) is 0 Å². The van der Waals surface area contributed by atoms with Crippen molar-refractivity contribution in [3.8, 4) is 0 Å². The maximum Gasteiger partial charge on any atom is 0.242 e. The van der Waals surface area contributed by atoms with E-state index in [4.69, 9.17) is 11.6 Å². The van der Waals surface area contributed by atoms with E-state index in [1.165, 1.54) is 24.0 Å². The fourth-order valence-corrected chi connectivity index (χ4v) is 3.65. The molecular weight excluding hydrogens is 336 g/mol. The van der Waals surface area contributed by atoms with Crippen LogP contribution in [0.15, 0.2) is 59.5 Å². The molecule has 2 rings (SSSR count). The number of nitrogens with zero attached hydrogens (tertiary/aromatic N) is 1. The molecule has 0 saturated heterocycles. The number of rotatable bonds is 6. The second kappa shape index (κ2) is 7.59. The lowest BCUT2D eigenvalue weighted by atomic mass is 10.3. The maximum atomic E-state index is 12.2. The standard InChI is InChI=1S/C16H17ClN2O3S/c1-13(20)19(14-7-3-2-4-8-14)12-11-18-23(21,22)16-10-6-5-9-15(16)17/h2-10,18H,11-12H2,1H3. The Balaban J connectivity index is 2.06. The molecule has 0 aromatic heterocycles. The van der Waals surface area contributed by atoms with E-state index in [9.17, 15) is 13.2 Å². The van der Waals surface area contributed by atoms with E-state index in [0.717, 1.165) is 5.69 Å². The molecule has 0 bridgehead atoms. The zero-order valence-electron chi connectivity index (χ0n) is 12.6. The van der Waals surface area contributed by atoms with E-state index in [1.54, 1.807) is 24.3 Å². The molecule has 1 N–H and O–H groups in total. The zero-order valence-corrected chi connectivity index (χ0v) is 14.1. The lowest BCUT2D eigenvalue weighted by molar-refractivity contribution is -0.116. The van der Waals surface area contributed by atoms with Gasteiger partial charge in [-0.1, -0.05) is 41.9 Å². The Kier molecular flexibility index (Phi) is 5.76. The van der Waals surface area contributed by atoms with Crippen LogP contribution >= 0.6 is 11.6 Å². The molecule has 0 heterocycles. The molecule has 2 aromatic carbocycles. The summed E-state index contributed by atoms with van der Waals surface area (Å²) in [6.45, 7) is 1.75. The number of sulfonamides is 1. The van der Waals surface area contributed by atoms with Crippen LogP contribution in [0.4, 0.5) is 5.69 Å². The number of hydrogen-bond donors (Lipinski definition) is 1. The summed E-state index contributed by atoms with van der Waals surface area (Å²) >= 11 is 5.91. The van der Waals surface area contributed by atoms with Gasteiger partial charge >= 0.3 is 0 Å². The fourth-order valence-electron chi connectivity index (χ4n) is 2.11. The molecule has 0 aliphatic rings. The molecule has 5 nitrogen and oxygen atoms in total. The van der Waals surface area contributed by atoms with E-state index in [2.05, 4.69) is 4.72 Å². The van der Waals surface area contributed by atoms with Crippen molar-refractivity contribution in [2.24, 2.45) is 0 Å². The Morgan fingerprint density at radius 2 is 1.70 bits per heavy atom. The van der Waals surface area contributed by atoms with Crippen LogP contribution in [0.25, 0.3) is 0 Å². The summed E-state index contributed by atoms with van der Waals surface area (Å²) in [5, 5.41) is 0.159. The van der Waals surface area contributed by atoms with Gasteiger partial charge in [0.05, 0.1) is 5.02 Å². The Labute approximate surface area is 140 Å². The van der Waals surface area contributed by atoms with Crippen LogP contribution in [0.1, 0.15) is 6.92 Å². The number of halogens is 1. The first-order valence-electron chi connectivity index (χ1n) is 6.99. The minimum Gasteiger partial charge on any atom is -0.311 e. The summed E-state index contributed by atoms with van der Waals surface area (Å²) in [5.41, 5.74) is 0.719. The van der Waals surface area contributed by atoms with Crippen molar-refractivity contribution in [1.82, 2.24) is 4.72 Å². The molecule has 0 aliphatic heterocycles. The van der Waals surface area contributed by atoms with E-state index in [-0.39, 0.29) is 28.9 Å². The van der Waals surface area contributed by atoms with E-state index < -0.39 is 10.0 Å². The molecule has 0 radical (unpaired) electrons. The molecule has 7 heteroatoms. The van der Waals surface area contributed by atoms with Crippen LogP contribution < -0.4 is 9.62 Å². The van der Waals surface area contributed by atoms with Crippen LogP contribution in [0, 0.1) is 0 Å². The monoisotopic (exact) mass is 352 g/mol. The van der Waals surface area contributed by atoms with Crippen molar-refractivity contribution in [1.29, 1.82) is 0 Å². The molecule has 0 unspecified atom stereocenters. The highest BCUT2D eigenvalue weighted by molar-refractivity contribution is 7.89. The van der Waals surface area contributed by atoms with Crippen molar-refractivity contribution >= 4 is 33.2 Å². The van der Waals surface area contributed by atoms with Crippen molar-refractivity contribution in [3.63, 3.8) is 0 Å². The van der Waals surface area contributed by atoms with Crippen molar-refractivity contribution in [3.05, 3.63) is 59.6 Å². The highest BCUT2D eigenvalue weighted by atomic mass is 35.5. The third kappa shape index (κ3) is 4.54. The van der Waals surface area contributed by atoms with Crippen LogP contribution in [0.3, 0.4) is 0 Å². The van der Waals surface area contributed by atoms with Gasteiger partial charge in [-0.3, -0.25) is 4.79 Å². The molecule has 1 amide bonds. The van der Waals surface area contributed by atoms with Crippen molar-refractivity contribution in [2.75, 3.05) is 18.0 Å². The Bertz CT molecular complexity index is 779. The summed E-state index contributed by atoms with van der Waals surface area (Å²) in [4.78, 5) is 13.3. The quantitative estimate of drug-likeness (QED) is 0.869. The molecular formula is C16H17ClN2O3S. The van der Waals surface area contributed by atoms with E-state index in [1.807, 2.05) is 18.2 Å². The summed E-state index contributed by atoms with van der Waals surface area (Å²) in [6.07, 6.45) is 0. The van der Waals surface area contributed by atoms with E-state index >= 15 is 0 Å². The number of amides is 1. The molecule has 122 valence electrons. The summed E-state index contributed by atoms with van der Waals surface area (Å²) in [5.74, 6) is -0.159. The molecule has 0 aliphatic carbocycles. The van der Waals surface area contributed by atoms with E-state index in [0.29, 0.717) is 0 Å². The third-order valence-electron chi connectivity index (χ3n) is 3.20. The fraction of sp³-hybridized carbons (Fsp3) is 0.188. The Morgan fingerprint density at radius 3 is 2.30 bits per heavy atom.